The summed E-state index contributed by atoms with van der Waals surface area (Å²) >= 11 is 0. The Kier molecular flexibility index (Phi) is 3.35. The lowest BCUT2D eigenvalue weighted by molar-refractivity contribution is 0.887. The Labute approximate surface area is 101 Å². The molecule has 0 bridgehead atoms. The largest absolute Gasteiger partial charge is 0.328 e. The quantitative estimate of drug-likeness (QED) is 0.873. The van der Waals surface area contributed by atoms with Crippen LogP contribution in [0.2, 0.25) is 0 Å². The number of nitrogens with zero attached hydrogens (tertiary/aromatic N) is 3. The summed E-state index contributed by atoms with van der Waals surface area (Å²) < 4.78 is 0. The summed E-state index contributed by atoms with van der Waals surface area (Å²) in [6.07, 6.45) is 0. The fraction of sp³-hybridized carbons (Fsp3) is 0.231. The predicted molar refractivity (Wildman–Crippen MR) is 69.2 cm³/mol. The molecule has 0 saturated carbocycles. The van der Waals surface area contributed by atoms with Crippen LogP contribution in [-0.2, 0) is 6.54 Å². The van der Waals surface area contributed by atoms with E-state index in [-0.39, 0.29) is 0 Å². The van der Waals surface area contributed by atoms with Gasteiger partial charge < -0.3 is 10.6 Å². The van der Waals surface area contributed by atoms with Gasteiger partial charge in [-0.05, 0) is 31.2 Å². The van der Waals surface area contributed by atoms with Crippen molar-refractivity contribution in [3.8, 4) is 0 Å². The monoisotopic (exact) mass is 228 g/mol. The SMILES string of the molecule is Cc1ccc(N(C)c2ccc(CN)nn2)cc1. The Hall–Kier alpha value is -1.94. The van der Waals surface area contributed by atoms with Crippen molar-refractivity contribution in [2.45, 2.75) is 13.5 Å². The third-order valence-corrected chi connectivity index (χ3v) is 2.68. The van der Waals surface area contributed by atoms with Crippen LogP contribution < -0.4 is 10.6 Å². The predicted octanol–water partition coefficient (Wildman–Crippen LogP) is 2.01. The van der Waals surface area contributed by atoms with Gasteiger partial charge in [0.2, 0.25) is 0 Å². The summed E-state index contributed by atoms with van der Waals surface area (Å²) in [5.41, 5.74) is 8.62. The molecule has 4 heteroatoms. The molecular weight excluding hydrogens is 212 g/mol. The molecule has 88 valence electrons. The highest BCUT2D eigenvalue weighted by Gasteiger charge is 2.05. The normalized spacial score (nSPS) is 10.3. The smallest absolute Gasteiger partial charge is 0.155 e. The van der Waals surface area contributed by atoms with Crippen molar-refractivity contribution in [2.24, 2.45) is 5.73 Å². The lowest BCUT2D eigenvalue weighted by Crippen LogP contribution is -2.12. The maximum Gasteiger partial charge on any atom is 0.155 e. The Bertz CT molecular complexity index is 476. The second-order valence-electron chi connectivity index (χ2n) is 3.98. The zero-order valence-corrected chi connectivity index (χ0v) is 10.1. The molecule has 2 N–H and O–H groups in total. The molecule has 1 aromatic carbocycles. The van der Waals surface area contributed by atoms with E-state index in [1.54, 1.807) is 0 Å². The highest BCUT2D eigenvalue weighted by Crippen LogP contribution is 2.21. The summed E-state index contributed by atoms with van der Waals surface area (Å²) in [4.78, 5) is 1.99. The van der Waals surface area contributed by atoms with Gasteiger partial charge in [-0.2, -0.15) is 5.10 Å². The van der Waals surface area contributed by atoms with Crippen molar-refractivity contribution >= 4 is 11.5 Å². The van der Waals surface area contributed by atoms with Crippen LogP contribution in [0.5, 0.6) is 0 Å². The molecule has 0 unspecified atom stereocenters. The van der Waals surface area contributed by atoms with Crippen LogP contribution in [0.4, 0.5) is 11.5 Å². The molecule has 0 radical (unpaired) electrons. The minimum absolute atomic E-state index is 0.418. The van der Waals surface area contributed by atoms with Gasteiger partial charge in [0.15, 0.2) is 5.82 Å². The Morgan fingerprint density at radius 2 is 1.76 bits per heavy atom. The highest BCUT2D eigenvalue weighted by molar-refractivity contribution is 5.58. The fourth-order valence-corrected chi connectivity index (χ4v) is 1.54. The number of aromatic nitrogens is 2. The number of hydrogen-bond acceptors (Lipinski definition) is 4. The molecule has 0 saturated heterocycles. The fourth-order valence-electron chi connectivity index (χ4n) is 1.54. The molecule has 0 amide bonds. The van der Waals surface area contributed by atoms with Gasteiger partial charge in [-0.1, -0.05) is 17.7 Å². The standard InChI is InChI=1S/C13H16N4/c1-10-3-6-12(7-4-10)17(2)13-8-5-11(9-14)15-16-13/h3-8H,9,14H2,1-2H3. The molecule has 4 nitrogen and oxygen atoms in total. The zero-order chi connectivity index (χ0) is 12.3. The number of benzene rings is 1. The molecule has 0 atom stereocenters. The average Bonchev–Trinajstić information content (AvgIpc) is 2.39. The van der Waals surface area contributed by atoms with Gasteiger partial charge in [0, 0.05) is 19.3 Å². The van der Waals surface area contributed by atoms with Gasteiger partial charge in [0.05, 0.1) is 5.69 Å². The summed E-state index contributed by atoms with van der Waals surface area (Å²) in [5, 5.41) is 8.19. The first-order valence-electron chi connectivity index (χ1n) is 5.54. The second-order valence-corrected chi connectivity index (χ2v) is 3.98. The summed E-state index contributed by atoms with van der Waals surface area (Å²) in [7, 11) is 1.97. The molecule has 0 spiro atoms. The summed E-state index contributed by atoms with van der Waals surface area (Å²) in [5.74, 6) is 0.811. The van der Waals surface area contributed by atoms with E-state index in [2.05, 4.69) is 41.4 Å². The number of anilines is 2. The van der Waals surface area contributed by atoms with Crippen LogP contribution in [0.3, 0.4) is 0 Å². The molecule has 0 aliphatic rings. The van der Waals surface area contributed by atoms with Crippen molar-refractivity contribution in [3.05, 3.63) is 47.7 Å². The van der Waals surface area contributed by atoms with Gasteiger partial charge in [0.1, 0.15) is 0 Å². The molecule has 17 heavy (non-hydrogen) atoms. The van der Waals surface area contributed by atoms with E-state index in [9.17, 15) is 0 Å². The maximum absolute atomic E-state index is 5.49. The Morgan fingerprint density at radius 3 is 2.29 bits per heavy atom. The van der Waals surface area contributed by atoms with Crippen LogP contribution in [0.15, 0.2) is 36.4 Å². The first-order chi connectivity index (χ1) is 8.20. The van der Waals surface area contributed by atoms with Gasteiger partial charge in [-0.3, -0.25) is 0 Å². The topological polar surface area (TPSA) is 55.0 Å². The lowest BCUT2D eigenvalue weighted by Gasteiger charge is -2.17. The molecular formula is C13H16N4. The van der Waals surface area contributed by atoms with Crippen LogP contribution in [0.25, 0.3) is 0 Å². The van der Waals surface area contributed by atoms with Crippen molar-refractivity contribution in [2.75, 3.05) is 11.9 Å². The van der Waals surface area contributed by atoms with Crippen molar-refractivity contribution in [3.63, 3.8) is 0 Å². The third-order valence-electron chi connectivity index (χ3n) is 2.68. The van der Waals surface area contributed by atoms with Gasteiger partial charge in [-0.15, -0.1) is 5.10 Å². The molecule has 0 aliphatic carbocycles. The molecule has 0 fully saturated rings. The van der Waals surface area contributed by atoms with Crippen LogP contribution in [0, 0.1) is 6.92 Å². The van der Waals surface area contributed by atoms with E-state index in [0.29, 0.717) is 6.54 Å². The molecule has 1 aromatic heterocycles. The second kappa shape index (κ2) is 4.93. The minimum atomic E-state index is 0.418. The number of hydrogen-bond donors (Lipinski definition) is 1. The van der Waals surface area contributed by atoms with Crippen molar-refractivity contribution in [1.82, 2.24) is 10.2 Å². The van der Waals surface area contributed by atoms with E-state index in [0.717, 1.165) is 17.2 Å². The van der Waals surface area contributed by atoms with Gasteiger partial charge >= 0.3 is 0 Å². The van der Waals surface area contributed by atoms with E-state index in [1.807, 2.05) is 24.1 Å². The molecule has 0 aliphatic heterocycles. The van der Waals surface area contributed by atoms with Gasteiger partial charge in [-0.25, -0.2) is 0 Å². The maximum atomic E-state index is 5.49. The summed E-state index contributed by atoms with van der Waals surface area (Å²) in [6.45, 7) is 2.49. The zero-order valence-electron chi connectivity index (χ0n) is 10.1. The van der Waals surface area contributed by atoms with Crippen molar-refractivity contribution in [1.29, 1.82) is 0 Å². The van der Waals surface area contributed by atoms with E-state index < -0.39 is 0 Å². The minimum Gasteiger partial charge on any atom is -0.328 e. The molecule has 1 heterocycles. The van der Waals surface area contributed by atoms with Crippen LogP contribution >= 0.6 is 0 Å². The van der Waals surface area contributed by atoms with Crippen LogP contribution in [-0.4, -0.2) is 17.2 Å². The van der Waals surface area contributed by atoms with Crippen LogP contribution in [0.1, 0.15) is 11.3 Å². The Balaban J connectivity index is 2.23. The molecule has 2 rings (SSSR count). The Morgan fingerprint density at radius 1 is 1.06 bits per heavy atom. The highest BCUT2D eigenvalue weighted by atomic mass is 15.2. The molecule has 2 aromatic rings. The van der Waals surface area contributed by atoms with E-state index in [1.165, 1.54) is 5.56 Å². The third kappa shape index (κ3) is 2.60. The lowest BCUT2D eigenvalue weighted by atomic mass is 10.2. The van der Waals surface area contributed by atoms with E-state index >= 15 is 0 Å². The first-order valence-corrected chi connectivity index (χ1v) is 5.54. The first kappa shape index (κ1) is 11.5. The van der Waals surface area contributed by atoms with Gasteiger partial charge in [0.25, 0.3) is 0 Å². The number of nitrogens with two attached hydrogens (primary N) is 1. The number of aryl methyl sites for hydroxylation is 1. The van der Waals surface area contributed by atoms with Crippen molar-refractivity contribution < 1.29 is 0 Å². The summed E-state index contributed by atoms with van der Waals surface area (Å²) in [6, 6.07) is 12.1. The average molecular weight is 228 g/mol. The van der Waals surface area contributed by atoms with E-state index in [4.69, 9.17) is 5.73 Å². The number of rotatable bonds is 3.